The molecule has 1 aliphatic heterocycles. The molecule has 86 valence electrons. The molecule has 0 saturated carbocycles. The third-order valence-corrected chi connectivity index (χ3v) is 5.10. The van der Waals surface area contributed by atoms with Crippen molar-refractivity contribution < 1.29 is 8.42 Å². The van der Waals surface area contributed by atoms with E-state index >= 15 is 0 Å². The van der Waals surface area contributed by atoms with Gasteiger partial charge in [-0.2, -0.15) is 5.26 Å². The number of nitriles is 1. The molecule has 7 heteroatoms. The van der Waals surface area contributed by atoms with Crippen LogP contribution in [-0.4, -0.2) is 35.2 Å². The average molecular weight is 257 g/mol. The van der Waals surface area contributed by atoms with Crippen LogP contribution in [0.4, 0.5) is 0 Å². The second-order valence-electron chi connectivity index (χ2n) is 3.62. The lowest BCUT2D eigenvalue weighted by Gasteiger charge is -2.12. The van der Waals surface area contributed by atoms with Gasteiger partial charge in [-0.1, -0.05) is 11.8 Å². The molecule has 0 spiro atoms. The Morgan fingerprint density at radius 2 is 2.50 bits per heavy atom. The fourth-order valence-electron chi connectivity index (χ4n) is 1.78. The van der Waals surface area contributed by atoms with Gasteiger partial charge in [-0.05, 0) is 6.42 Å². The largest absolute Gasteiger partial charge is 0.322 e. The van der Waals surface area contributed by atoms with Crippen molar-refractivity contribution in [2.75, 3.05) is 17.3 Å². The average Bonchev–Trinajstić information content (AvgIpc) is 2.81. The summed E-state index contributed by atoms with van der Waals surface area (Å²) in [6.45, 7) is 0. The zero-order chi connectivity index (χ0) is 11.6. The highest BCUT2D eigenvalue weighted by Crippen LogP contribution is 2.28. The quantitative estimate of drug-likeness (QED) is 0.751. The van der Waals surface area contributed by atoms with Crippen LogP contribution in [0.3, 0.4) is 0 Å². The molecular formula is C9H11N3O2S2. The van der Waals surface area contributed by atoms with Crippen molar-refractivity contribution in [2.45, 2.75) is 17.6 Å². The third kappa shape index (κ3) is 2.39. The topological polar surface area (TPSA) is 75.8 Å². The number of thioether (sulfide) groups is 1. The van der Waals surface area contributed by atoms with E-state index < -0.39 is 9.84 Å². The van der Waals surface area contributed by atoms with Crippen molar-refractivity contribution in [3.63, 3.8) is 0 Å². The number of imidazole rings is 1. The molecule has 5 nitrogen and oxygen atoms in total. The van der Waals surface area contributed by atoms with E-state index in [0.717, 1.165) is 5.16 Å². The van der Waals surface area contributed by atoms with Crippen LogP contribution in [0.1, 0.15) is 12.5 Å². The fraction of sp³-hybridized carbons (Fsp3) is 0.556. The SMILES string of the molecule is N#CCSc1nccn1C1CCS(=O)(=O)C1. The Balaban J connectivity index is 2.16. The molecule has 1 atom stereocenters. The summed E-state index contributed by atoms with van der Waals surface area (Å²) in [5, 5.41) is 9.23. The first kappa shape index (κ1) is 11.5. The lowest BCUT2D eigenvalue weighted by Crippen LogP contribution is -2.11. The predicted octanol–water partition coefficient (Wildman–Crippen LogP) is 0.858. The maximum Gasteiger partial charge on any atom is 0.169 e. The van der Waals surface area contributed by atoms with E-state index in [1.54, 1.807) is 12.4 Å². The number of sulfone groups is 1. The molecule has 1 saturated heterocycles. The van der Waals surface area contributed by atoms with Crippen LogP contribution >= 0.6 is 11.8 Å². The van der Waals surface area contributed by atoms with E-state index in [1.165, 1.54) is 11.8 Å². The minimum absolute atomic E-state index is 0.0197. The molecule has 0 aromatic carbocycles. The summed E-state index contributed by atoms with van der Waals surface area (Å²) in [6.07, 6.45) is 4.06. The summed E-state index contributed by atoms with van der Waals surface area (Å²) < 4.78 is 24.6. The van der Waals surface area contributed by atoms with E-state index in [-0.39, 0.29) is 17.5 Å². The Bertz CT molecular complexity index is 515. The van der Waals surface area contributed by atoms with Crippen LogP contribution in [0.5, 0.6) is 0 Å². The van der Waals surface area contributed by atoms with Crippen LogP contribution in [0.15, 0.2) is 17.6 Å². The number of aromatic nitrogens is 2. The highest BCUT2D eigenvalue weighted by atomic mass is 32.2. The Kier molecular flexibility index (Phi) is 3.21. The predicted molar refractivity (Wildman–Crippen MR) is 60.9 cm³/mol. The first-order valence-corrected chi connectivity index (χ1v) is 7.66. The van der Waals surface area contributed by atoms with Crippen molar-refractivity contribution in [2.24, 2.45) is 0 Å². The van der Waals surface area contributed by atoms with Gasteiger partial charge >= 0.3 is 0 Å². The Hall–Kier alpha value is -1.00. The van der Waals surface area contributed by atoms with Gasteiger partial charge in [-0.3, -0.25) is 0 Å². The van der Waals surface area contributed by atoms with Gasteiger partial charge in [0, 0.05) is 12.4 Å². The molecule has 1 unspecified atom stereocenters. The zero-order valence-corrected chi connectivity index (χ0v) is 10.2. The Morgan fingerprint density at radius 3 is 3.12 bits per heavy atom. The maximum absolute atomic E-state index is 11.4. The Labute approximate surface area is 98.4 Å². The number of nitrogens with zero attached hydrogens (tertiary/aromatic N) is 3. The van der Waals surface area contributed by atoms with Crippen molar-refractivity contribution in [1.29, 1.82) is 5.26 Å². The summed E-state index contributed by atoms with van der Waals surface area (Å²) in [7, 11) is -2.88. The van der Waals surface area contributed by atoms with E-state index in [4.69, 9.17) is 5.26 Å². The lowest BCUT2D eigenvalue weighted by atomic mass is 10.3. The Morgan fingerprint density at radius 1 is 1.69 bits per heavy atom. The van der Waals surface area contributed by atoms with E-state index in [2.05, 4.69) is 4.98 Å². The van der Waals surface area contributed by atoms with Crippen molar-refractivity contribution >= 4 is 21.6 Å². The van der Waals surface area contributed by atoms with Gasteiger partial charge in [-0.25, -0.2) is 13.4 Å². The van der Waals surface area contributed by atoms with Gasteiger partial charge < -0.3 is 4.57 Å². The normalized spacial score (nSPS) is 23.1. The monoisotopic (exact) mass is 257 g/mol. The number of rotatable bonds is 3. The highest BCUT2D eigenvalue weighted by Gasteiger charge is 2.30. The summed E-state index contributed by atoms with van der Waals surface area (Å²) in [4.78, 5) is 4.13. The molecular weight excluding hydrogens is 246 g/mol. The molecule has 2 rings (SSSR count). The maximum atomic E-state index is 11.4. The highest BCUT2D eigenvalue weighted by molar-refractivity contribution is 7.99. The molecule has 1 aliphatic rings. The van der Waals surface area contributed by atoms with Crippen LogP contribution < -0.4 is 0 Å². The van der Waals surface area contributed by atoms with Gasteiger partial charge in [0.25, 0.3) is 0 Å². The minimum atomic E-state index is -2.88. The minimum Gasteiger partial charge on any atom is -0.322 e. The molecule has 0 amide bonds. The van der Waals surface area contributed by atoms with Crippen molar-refractivity contribution in [1.82, 2.24) is 9.55 Å². The molecule has 0 radical (unpaired) electrons. The number of hydrogen-bond acceptors (Lipinski definition) is 5. The van der Waals surface area contributed by atoms with Gasteiger partial charge in [-0.15, -0.1) is 0 Å². The van der Waals surface area contributed by atoms with Gasteiger partial charge in [0.15, 0.2) is 15.0 Å². The van der Waals surface area contributed by atoms with Crippen molar-refractivity contribution in [3.05, 3.63) is 12.4 Å². The van der Waals surface area contributed by atoms with Gasteiger partial charge in [0.2, 0.25) is 0 Å². The van der Waals surface area contributed by atoms with Crippen molar-refractivity contribution in [3.8, 4) is 6.07 Å². The van der Waals surface area contributed by atoms with E-state index in [1.807, 2.05) is 10.6 Å². The standard InChI is InChI=1S/C9H11N3O2S2/c10-2-5-15-9-11-3-4-12(9)8-1-6-16(13,14)7-8/h3-4,8H,1,5-7H2. The summed E-state index contributed by atoms with van der Waals surface area (Å²) in [5.41, 5.74) is 0. The smallest absolute Gasteiger partial charge is 0.169 e. The van der Waals surface area contributed by atoms with Gasteiger partial charge in [0.05, 0.1) is 29.4 Å². The van der Waals surface area contributed by atoms with Crippen LogP contribution in [0.25, 0.3) is 0 Å². The van der Waals surface area contributed by atoms with Gasteiger partial charge in [0.1, 0.15) is 0 Å². The molecule has 1 aromatic heterocycles. The molecule has 0 aliphatic carbocycles. The van der Waals surface area contributed by atoms with Crippen LogP contribution in [-0.2, 0) is 9.84 Å². The first-order chi connectivity index (χ1) is 7.62. The van der Waals surface area contributed by atoms with Crippen LogP contribution in [0, 0.1) is 11.3 Å². The van der Waals surface area contributed by atoms with E-state index in [9.17, 15) is 8.42 Å². The zero-order valence-electron chi connectivity index (χ0n) is 8.54. The summed E-state index contributed by atoms with van der Waals surface area (Å²) in [6, 6.07) is 2.01. The molecule has 0 bridgehead atoms. The molecule has 0 N–H and O–H groups in total. The second-order valence-corrected chi connectivity index (χ2v) is 6.79. The molecule has 16 heavy (non-hydrogen) atoms. The van der Waals surface area contributed by atoms with E-state index in [0.29, 0.717) is 12.2 Å². The fourth-order valence-corrected chi connectivity index (χ4v) is 4.18. The number of hydrogen-bond donors (Lipinski definition) is 0. The molecule has 1 aromatic rings. The lowest BCUT2D eigenvalue weighted by molar-refractivity contribution is 0.515. The molecule has 2 heterocycles. The molecule has 1 fully saturated rings. The third-order valence-electron chi connectivity index (χ3n) is 2.50. The summed E-state index contributed by atoms with van der Waals surface area (Å²) >= 11 is 1.34. The first-order valence-electron chi connectivity index (χ1n) is 4.85. The van der Waals surface area contributed by atoms with Crippen LogP contribution in [0.2, 0.25) is 0 Å². The summed E-state index contributed by atoms with van der Waals surface area (Å²) in [5.74, 6) is 0.762. The second kappa shape index (κ2) is 4.47.